The number of nitrogens with one attached hydrogen (secondary N) is 1. The van der Waals surface area contributed by atoms with Gasteiger partial charge < -0.3 is 10.2 Å². The van der Waals surface area contributed by atoms with Crippen LogP contribution in [0.25, 0.3) is 0 Å². The molecule has 0 unspecified atom stereocenters. The predicted octanol–water partition coefficient (Wildman–Crippen LogP) is 2.88. The van der Waals surface area contributed by atoms with Crippen molar-refractivity contribution in [1.29, 1.82) is 0 Å². The zero-order valence-corrected chi connectivity index (χ0v) is 14.7. The molecule has 1 N–H and O–H groups in total. The summed E-state index contributed by atoms with van der Waals surface area (Å²) in [5.74, 6) is -0.127. The van der Waals surface area contributed by atoms with Crippen molar-refractivity contribution in [3.8, 4) is 0 Å². The lowest BCUT2D eigenvalue weighted by atomic mass is 10.0. The minimum absolute atomic E-state index is 0.0487. The summed E-state index contributed by atoms with van der Waals surface area (Å²) in [6, 6.07) is 12.7. The van der Waals surface area contributed by atoms with Gasteiger partial charge in [0.1, 0.15) is 5.69 Å². The van der Waals surface area contributed by atoms with Crippen LogP contribution in [0.3, 0.4) is 0 Å². The topological polar surface area (TPSA) is 62.3 Å². The molecule has 2 aromatic rings. The monoisotopic (exact) mass is 387 g/mol. The summed E-state index contributed by atoms with van der Waals surface area (Å²) in [5, 5.41) is 3.05. The van der Waals surface area contributed by atoms with Crippen LogP contribution in [-0.2, 0) is 0 Å². The summed E-state index contributed by atoms with van der Waals surface area (Å²) in [6.07, 6.45) is 3.12. The van der Waals surface area contributed by atoms with Crippen LogP contribution in [0.5, 0.6) is 0 Å². The first kappa shape index (κ1) is 16.6. The third kappa shape index (κ3) is 4.00. The summed E-state index contributed by atoms with van der Waals surface area (Å²) in [6.45, 7) is 1.25. The molecule has 24 heavy (non-hydrogen) atoms. The van der Waals surface area contributed by atoms with Crippen LogP contribution < -0.4 is 5.32 Å². The summed E-state index contributed by atoms with van der Waals surface area (Å²) in [4.78, 5) is 30.5. The Morgan fingerprint density at radius 1 is 1.12 bits per heavy atom. The quantitative estimate of drug-likeness (QED) is 0.880. The molecule has 1 aromatic carbocycles. The van der Waals surface area contributed by atoms with Gasteiger partial charge in [0.2, 0.25) is 0 Å². The highest BCUT2D eigenvalue weighted by Gasteiger charge is 2.25. The average Bonchev–Trinajstić information content (AvgIpc) is 2.62. The number of pyridine rings is 1. The van der Waals surface area contributed by atoms with E-state index in [1.807, 2.05) is 18.2 Å². The number of rotatable bonds is 3. The Morgan fingerprint density at radius 3 is 2.58 bits per heavy atom. The average molecular weight is 388 g/mol. The molecule has 1 fully saturated rings. The van der Waals surface area contributed by atoms with Gasteiger partial charge in [0.05, 0.1) is 0 Å². The second-order valence-electron chi connectivity index (χ2n) is 5.77. The van der Waals surface area contributed by atoms with Gasteiger partial charge in [-0.2, -0.15) is 0 Å². The number of likely N-dealkylation sites (tertiary alicyclic amines) is 1. The normalized spacial score (nSPS) is 15.1. The zero-order valence-electron chi connectivity index (χ0n) is 13.1. The fourth-order valence-corrected chi connectivity index (χ4v) is 3.18. The number of aromatic nitrogens is 1. The maximum Gasteiger partial charge on any atom is 0.272 e. The van der Waals surface area contributed by atoms with E-state index in [4.69, 9.17) is 0 Å². The maximum absolute atomic E-state index is 12.4. The largest absolute Gasteiger partial charge is 0.349 e. The lowest BCUT2D eigenvalue weighted by Crippen LogP contribution is -2.46. The van der Waals surface area contributed by atoms with Gasteiger partial charge >= 0.3 is 0 Å². The van der Waals surface area contributed by atoms with E-state index in [-0.39, 0.29) is 17.9 Å². The summed E-state index contributed by atoms with van der Waals surface area (Å²) >= 11 is 3.37. The van der Waals surface area contributed by atoms with E-state index < -0.39 is 0 Å². The minimum Gasteiger partial charge on any atom is -0.349 e. The van der Waals surface area contributed by atoms with Crippen LogP contribution in [-0.4, -0.2) is 40.8 Å². The SMILES string of the molecule is O=C(NC1CCN(C(=O)c2ccccn2)CC1)c1cccc(Br)c1. The van der Waals surface area contributed by atoms with E-state index in [1.165, 1.54) is 0 Å². The van der Waals surface area contributed by atoms with Crippen LogP contribution >= 0.6 is 15.9 Å². The molecule has 5 nitrogen and oxygen atoms in total. The van der Waals surface area contributed by atoms with Crippen molar-refractivity contribution in [2.24, 2.45) is 0 Å². The molecular weight excluding hydrogens is 370 g/mol. The highest BCUT2D eigenvalue weighted by molar-refractivity contribution is 9.10. The lowest BCUT2D eigenvalue weighted by Gasteiger charge is -2.32. The zero-order chi connectivity index (χ0) is 16.9. The number of hydrogen-bond donors (Lipinski definition) is 1. The van der Waals surface area contributed by atoms with Crippen LogP contribution in [0.4, 0.5) is 0 Å². The number of halogens is 1. The number of piperidine rings is 1. The first-order valence-corrected chi connectivity index (χ1v) is 8.69. The van der Waals surface area contributed by atoms with Gasteiger partial charge in [0, 0.05) is 35.4 Å². The fraction of sp³-hybridized carbons (Fsp3) is 0.278. The number of carbonyl (C=O) groups is 2. The molecule has 3 rings (SSSR count). The second kappa shape index (κ2) is 7.57. The number of benzene rings is 1. The number of carbonyl (C=O) groups excluding carboxylic acids is 2. The Balaban J connectivity index is 1.54. The third-order valence-corrected chi connectivity index (χ3v) is 4.58. The van der Waals surface area contributed by atoms with Gasteiger partial charge in [-0.3, -0.25) is 14.6 Å². The number of amides is 2. The molecule has 2 heterocycles. The number of nitrogens with zero attached hydrogens (tertiary/aromatic N) is 2. The van der Waals surface area contributed by atoms with E-state index in [0.717, 1.165) is 17.3 Å². The Hall–Kier alpha value is -2.21. The lowest BCUT2D eigenvalue weighted by molar-refractivity contribution is 0.0692. The van der Waals surface area contributed by atoms with Crippen LogP contribution in [0, 0.1) is 0 Å². The van der Waals surface area contributed by atoms with Crippen LogP contribution in [0.2, 0.25) is 0 Å². The first-order valence-electron chi connectivity index (χ1n) is 7.90. The van der Waals surface area contributed by atoms with Crippen molar-refractivity contribution < 1.29 is 9.59 Å². The van der Waals surface area contributed by atoms with E-state index in [0.29, 0.717) is 24.3 Å². The van der Waals surface area contributed by atoms with Crippen LogP contribution in [0.15, 0.2) is 53.1 Å². The van der Waals surface area contributed by atoms with Crippen molar-refractivity contribution in [3.05, 3.63) is 64.4 Å². The molecule has 0 bridgehead atoms. The Bertz CT molecular complexity index is 728. The van der Waals surface area contributed by atoms with E-state index >= 15 is 0 Å². The number of hydrogen-bond acceptors (Lipinski definition) is 3. The minimum atomic E-state index is -0.0780. The molecule has 0 spiro atoms. The van der Waals surface area contributed by atoms with Crippen molar-refractivity contribution in [3.63, 3.8) is 0 Å². The van der Waals surface area contributed by atoms with Gasteiger partial charge in [-0.15, -0.1) is 0 Å². The molecule has 1 aliphatic heterocycles. The molecule has 0 atom stereocenters. The van der Waals surface area contributed by atoms with Crippen molar-refractivity contribution >= 4 is 27.7 Å². The van der Waals surface area contributed by atoms with Gasteiger partial charge in [0.15, 0.2) is 0 Å². The molecule has 2 amide bonds. The summed E-state index contributed by atoms with van der Waals surface area (Å²) in [7, 11) is 0. The molecular formula is C18H18BrN3O2. The molecule has 0 aliphatic carbocycles. The van der Waals surface area contributed by atoms with Gasteiger partial charge in [-0.05, 0) is 43.2 Å². The molecule has 1 saturated heterocycles. The molecule has 6 heteroatoms. The van der Waals surface area contributed by atoms with Gasteiger partial charge in [-0.25, -0.2) is 0 Å². The van der Waals surface area contributed by atoms with E-state index in [9.17, 15) is 9.59 Å². The smallest absolute Gasteiger partial charge is 0.272 e. The Morgan fingerprint density at radius 2 is 1.92 bits per heavy atom. The van der Waals surface area contributed by atoms with E-state index in [1.54, 1.807) is 35.4 Å². The second-order valence-corrected chi connectivity index (χ2v) is 6.68. The molecule has 124 valence electrons. The molecule has 1 aromatic heterocycles. The first-order chi connectivity index (χ1) is 11.6. The highest BCUT2D eigenvalue weighted by Crippen LogP contribution is 2.15. The highest BCUT2D eigenvalue weighted by atomic mass is 79.9. The predicted molar refractivity (Wildman–Crippen MR) is 94.8 cm³/mol. The maximum atomic E-state index is 12.4. The molecule has 0 saturated carbocycles. The van der Waals surface area contributed by atoms with Crippen molar-refractivity contribution in [2.75, 3.05) is 13.1 Å². The van der Waals surface area contributed by atoms with E-state index in [2.05, 4.69) is 26.2 Å². The van der Waals surface area contributed by atoms with Crippen molar-refractivity contribution in [2.45, 2.75) is 18.9 Å². The summed E-state index contributed by atoms with van der Waals surface area (Å²) < 4.78 is 0.880. The Kier molecular flexibility index (Phi) is 5.25. The van der Waals surface area contributed by atoms with Gasteiger partial charge in [-0.1, -0.05) is 28.1 Å². The Labute approximate surface area is 149 Å². The molecule has 1 aliphatic rings. The van der Waals surface area contributed by atoms with Crippen LogP contribution in [0.1, 0.15) is 33.7 Å². The standard InChI is InChI=1S/C18H18BrN3O2/c19-14-5-3-4-13(12-14)17(23)21-15-7-10-22(11-8-15)18(24)16-6-1-2-9-20-16/h1-6,9,12,15H,7-8,10-11H2,(H,21,23). The molecule has 0 radical (unpaired) electrons. The van der Waals surface area contributed by atoms with Gasteiger partial charge in [0.25, 0.3) is 11.8 Å². The summed E-state index contributed by atoms with van der Waals surface area (Å²) in [5.41, 5.74) is 1.10. The third-order valence-electron chi connectivity index (χ3n) is 4.09. The fourth-order valence-electron chi connectivity index (χ4n) is 2.78. The van der Waals surface area contributed by atoms with Crippen molar-refractivity contribution in [1.82, 2.24) is 15.2 Å².